The average molecular weight is 208 g/mol. The molecule has 0 radical (unpaired) electrons. The summed E-state index contributed by atoms with van der Waals surface area (Å²) in [4.78, 5) is 4.33. The van der Waals surface area contributed by atoms with Gasteiger partial charge in [0.2, 0.25) is 5.88 Å². The minimum Gasteiger partial charge on any atom is -0.478 e. The van der Waals surface area contributed by atoms with Crippen molar-refractivity contribution in [2.24, 2.45) is 0 Å². The van der Waals surface area contributed by atoms with Gasteiger partial charge in [-0.05, 0) is 19.4 Å². The van der Waals surface area contributed by atoms with Gasteiger partial charge in [0.1, 0.15) is 5.82 Å². The van der Waals surface area contributed by atoms with E-state index < -0.39 is 0 Å². The first-order chi connectivity index (χ1) is 7.36. The smallest absolute Gasteiger partial charge is 0.215 e. The van der Waals surface area contributed by atoms with Gasteiger partial charge in [-0.2, -0.15) is 4.98 Å². The number of nitrogens with zero attached hydrogens (tertiary/aromatic N) is 1. The highest BCUT2D eigenvalue weighted by molar-refractivity contribution is 5.36. The SMILES string of the molecule is CCCCCNc1cccc(OCC)n1. The van der Waals surface area contributed by atoms with Crippen LogP contribution in [-0.2, 0) is 0 Å². The van der Waals surface area contributed by atoms with Gasteiger partial charge in [0.25, 0.3) is 0 Å². The van der Waals surface area contributed by atoms with E-state index in [1.165, 1.54) is 19.3 Å². The van der Waals surface area contributed by atoms with E-state index in [0.29, 0.717) is 12.5 Å². The molecule has 0 bridgehead atoms. The van der Waals surface area contributed by atoms with Crippen LogP contribution in [0.4, 0.5) is 5.82 Å². The van der Waals surface area contributed by atoms with Crippen LogP contribution in [0, 0.1) is 0 Å². The molecule has 1 aromatic rings. The number of unbranched alkanes of at least 4 members (excludes halogenated alkanes) is 2. The Hall–Kier alpha value is -1.25. The van der Waals surface area contributed by atoms with E-state index in [-0.39, 0.29) is 0 Å². The lowest BCUT2D eigenvalue weighted by Gasteiger charge is -2.07. The van der Waals surface area contributed by atoms with Crippen LogP contribution >= 0.6 is 0 Å². The van der Waals surface area contributed by atoms with Gasteiger partial charge in [-0.3, -0.25) is 0 Å². The predicted octanol–water partition coefficient (Wildman–Crippen LogP) is 3.08. The molecule has 0 fully saturated rings. The molecule has 0 unspecified atom stereocenters. The van der Waals surface area contributed by atoms with Crippen molar-refractivity contribution in [3.63, 3.8) is 0 Å². The summed E-state index contributed by atoms with van der Waals surface area (Å²) >= 11 is 0. The maximum absolute atomic E-state index is 5.32. The van der Waals surface area contributed by atoms with Crippen molar-refractivity contribution in [3.05, 3.63) is 18.2 Å². The molecule has 0 amide bonds. The maximum atomic E-state index is 5.32. The molecule has 1 N–H and O–H groups in total. The highest BCUT2D eigenvalue weighted by Crippen LogP contribution is 2.11. The zero-order chi connectivity index (χ0) is 10.9. The summed E-state index contributed by atoms with van der Waals surface area (Å²) in [6.07, 6.45) is 3.70. The topological polar surface area (TPSA) is 34.1 Å². The Bertz CT molecular complexity index is 276. The minimum atomic E-state index is 0.659. The number of pyridine rings is 1. The summed E-state index contributed by atoms with van der Waals surface area (Å²) in [5.74, 6) is 1.59. The first kappa shape index (κ1) is 11.8. The number of rotatable bonds is 7. The number of hydrogen-bond donors (Lipinski definition) is 1. The Morgan fingerprint density at radius 1 is 1.27 bits per heavy atom. The first-order valence-electron chi connectivity index (χ1n) is 5.70. The van der Waals surface area contributed by atoms with Crippen LogP contribution in [0.1, 0.15) is 33.1 Å². The quantitative estimate of drug-likeness (QED) is 0.699. The van der Waals surface area contributed by atoms with Gasteiger partial charge < -0.3 is 10.1 Å². The second-order valence-electron chi connectivity index (χ2n) is 3.43. The molecule has 0 aromatic carbocycles. The van der Waals surface area contributed by atoms with Crippen molar-refractivity contribution in [2.75, 3.05) is 18.5 Å². The summed E-state index contributed by atoms with van der Waals surface area (Å²) in [5, 5.41) is 3.29. The van der Waals surface area contributed by atoms with Crippen molar-refractivity contribution in [1.29, 1.82) is 0 Å². The summed E-state index contributed by atoms with van der Waals surface area (Å²) in [6.45, 7) is 5.81. The number of ether oxygens (including phenoxy) is 1. The molecule has 1 heterocycles. The van der Waals surface area contributed by atoms with Gasteiger partial charge in [0, 0.05) is 12.6 Å². The van der Waals surface area contributed by atoms with Gasteiger partial charge in [-0.25, -0.2) is 0 Å². The zero-order valence-corrected chi connectivity index (χ0v) is 9.62. The fourth-order valence-corrected chi connectivity index (χ4v) is 1.33. The van der Waals surface area contributed by atoms with Crippen LogP contribution < -0.4 is 10.1 Å². The molecule has 15 heavy (non-hydrogen) atoms. The third-order valence-electron chi connectivity index (χ3n) is 2.10. The fraction of sp³-hybridized carbons (Fsp3) is 0.583. The average Bonchev–Trinajstić information content (AvgIpc) is 2.26. The van der Waals surface area contributed by atoms with E-state index >= 15 is 0 Å². The lowest BCUT2D eigenvalue weighted by molar-refractivity contribution is 0.327. The number of anilines is 1. The molecular weight excluding hydrogens is 188 g/mol. The molecule has 0 aliphatic carbocycles. The normalized spacial score (nSPS) is 10.0. The molecule has 0 aliphatic rings. The largest absolute Gasteiger partial charge is 0.478 e. The van der Waals surface area contributed by atoms with Crippen LogP contribution in [0.2, 0.25) is 0 Å². The summed E-state index contributed by atoms with van der Waals surface area (Å²) in [7, 11) is 0. The van der Waals surface area contributed by atoms with Crippen molar-refractivity contribution in [3.8, 4) is 5.88 Å². The van der Waals surface area contributed by atoms with Crippen molar-refractivity contribution in [1.82, 2.24) is 4.98 Å². The van der Waals surface area contributed by atoms with Gasteiger partial charge >= 0.3 is 0 Å². The lowest BCUT2D eigenvalue weighted by atomic mass is 10.2. The fourth-order valence-electron chi connectivity index (χ4n) is 1.33. The molecule has 84 valence electrons. The van der Waals surface area contributed by atoms with E-state index in [2.05, 4.69) is 17.2 Å². The molecule has 3 heteroatoms. The van der Waals surface area contributed by atoms with Crippen molar-refractivity contribution in [2.45, 2.75) is 33.1 Å². The number of aromatic nitrogens is 1. The van der Waals surface area contributed by atoms with E-state index in [1.54, 1.807) is 0 Å². The van der Waals surface area contributed by atoms with Crippen LogP contribution in [-0.4, -0.2) is 18.1 Å². The predicted molar refractivity (Wildman–Crippen MR) is 63.4 cm³/mol. The van der Waals surface area contributed by atoms with Gasteiger partial charge in [-0.15, -0.1) is 0 Å². The molecule has 0 aliphatic heterocycles. The zero-order valence-electron chi connectivity index (χ0n) is 9.62. The van der Waals surface area contributed by atoms with Crippen LogP contribution in [0.3, 0.4) is 0 Å². The van der Waals surface area contributed by atoms with E-state index in [4.69, 9.17) is 4.74 Å². The van der Waals surface area contributed by atoms with E-state index in [0.717, 1.165) is 12.4 Å². The van der Waals surface area contributed by atoms with Gasteiger partial charge in [0.05, 0.1) is 6.61 Å². The number of hydrogen-bond acceptors (Lipinski definition) is 3. The minimum absolute atomic E-state index is 0.659. The Morgan fingerprint density at radius 2 is 2.13 bits per heavy atom. The summed E-state index contributed by atoms with van der Waals surface area (Å²) in [5.41, 5.74) is 0. The third-order valence-corrected chi connectivity index (χ3v) is 2.10. The second kappa shape index (κ2) is 7.10. The maximum Gasteiger partial charge on any atom is 0.215 e. The molecule has 0 saturated carbocycles. The van der Waals surface area contributed by atoms with E-state index in [1.807, 2.05) is 25.1 Å². The molecule has 1 aromatic heterocycles. The highest BCUT2D eigenvalue weighted by atomic mass is 16.5. The molecule has 0 spiro atoms. The lowest BCUT2D eigenvalue weighted by Crippen LogP contribution is -2.04. The monoisotopic (exact) mass is 208 g/mol. The summed E-state index contributed by atoms with van der Waals surface area (Å²) in [6, 6.07) is 5.80. The Morgan fingerprint density at radius 3 is 2.87 bits per heavy atom. The molecule has 1 rings (SSSR count). The molecule has 0 saturated heterocycles. The second-order valence-corrected chi connectivity index (χ2v) is 3.43. The first-order valence-corrected chi connectivity index (χ1v) is 5.70. The van der Waals surface area contributed by atoms with Gasteiger partial charge in [0.15, 0.2) is 0 Å². The molecular formula is C12H20N2O. The molecule has 0 atom stereocenters. The number of nitrogens with one attached hydrogen (secondary N) is 1. The van der Waals surface area contributed by atoms with Crippen molar-refractivity contribution >= 4 is 5.82 Å². The summed E-state index contributed by atoms with van der Waals surface area (Å²) < 4.78 is 5.32. The van der Waals surface area contributed by atoms with Crippen molar-refractivity contribution < 1.29 is 4.74 Å². The van der Waals surface area contributed by atoms with E-state index in [9.17, 15) is 0 Å². The Labute approximate surface area is 91.9 Å². The Kier molecular flexibility index (Phi) is 5.59. The van der Waals surface area contributed by atoms with Crippen LogP contribution in [0.15, 0.2) is 18.2 Å². The molecule has 3 nitrogen and oxygen atoms in total. The van der Waals surface area contributed by atoms with Crippen LogP contribution in [0.5, 0.6) is 5.88 Å². The highest BCUT2D eigenvalue weighted by Gasteiger charge is 1.96. The van der Waals surface area contributed by atoms with Crippen LogP contribution in [0.25, 0.3) is 0 Å². The standard InChI is InChI=1S/C12H20N2O/c1-3-5-6-10-13-11-8-7-9-12(14-11)15-4-2/h7-9H,3-6,10H2,1-2H3,(H,13,14). The Balaban J connectivity index is 2.36. The third kappa shape index (κ3) is 4.68. The van der Waals surface area contributed by atoms with Gasteiger partial charge in [-0.1, -0.05) is 25.8 Å².